The highest BCUT2D eigenvalue weighted by Crippen LogP contribution is 2.36. The van der Waals surface area contributed by atoms with E-state index in [9.17, 15) is 14.3 Å². The number of rotatable bonds is 9. The number of carbonyl (C=O) groups is 1. The Morgan fingerprint density at radius 1 is 1.00 bits per heavy atom. The summed E-state index contributed by atoms with van der Waals surface area (Å²) in [5, 5.41) is 13.4. The van der Waals surface area contributed by atoms with Gasteiger partial charge < -0.3 is 19.9 Å². The normalized spacial score (nSPS) is 17.1. The molecule has 0 spiro atoms. The van der Waals surface area contributed by atoms with E-state index in [-0.39, 0.29) is 5.82 Å². The van der Waals surface area contributed by atoms with E-state index in [0.29, 0.717) is 19.6 Å². The van der Waals surface area contributed by atoms with Crippen molar-refractivity contribution in [2.45, 2.75) is 77.2 Å². The molecule has 2 aromatic carbocycles. The Hall–Kier alpha value is -2.64. The minimum atomic E-state index is -0.964. The highest BCUT2D eigenvalue weighted by Gasteiger charge is 2.50. The molecule has 1 amide bonds. The summed E-state index contributed by atoms with van der Waals surface area (Å²) in [6.07, 6.45) is 2.26. The van der Waals surface area contributed by atoms with E-state index in [2.05, 4.69) is 29.6 Å². The molecular formula is C28H39FN2O4. The molecule has 2 aromatic rings. The maximum absolute atomic E-state index is 13.0. The van der Waals surface area contributed by atoms with Gasteiger partial charge in [-0.15, -0.1) is 0 Å². The van der Waals surface area contributed by atoms with Gasteiger partial charge in [0.25, 0.3) is 0 Å². The molecule has 2 N–H and O–H groups in total. The van der Waals surface area contributed by atoms with E-state index in [1.54, 1.807) is 12.1 Å². The van der Waals surface area contributed by atoms with Crippen LogP contribution < -0.4 is 5.32 Å². The third-order valence-electron chi connectivity index (χ3n) is 6.43. The van der Waals surface area contributed by atoms with E-state index < -0.39 is 23.0 Å². The molecule has 7 heteroatoms. The molecule has 0 aliphatic carbocycles. The van der Waals surface area contributed by atoms with E-state index in [4.69, 9.17) is 9.47 Å². The zero-order valence-electron chi connectivity index (χ0n) is 21.6. The molecule has 0 saturated carbocycles. The van der Waals surface area contributed by atoms with E-state index >= 15 is 0 Å². The van der Waals surface area contributed by atoms with Gasteiger partial charge in [-0.05, 0) is 95.7 Å². The standard InChI is InChI=1S/C28H39FN2O4/c1-26(2,3)31(25(32)33)28(19-34-27(4,5)35-20-28)17-16-22-10-8-21(9-11-22)7-6-18-30-24-14-12-23(29)13-15-24/h8-15,30H,6-7,16-20H2,1-5H3,(H,32,33). The minimum absolute atomic E-state index is 0.233. The average molecular weight is 487 g/mol. The lowest BCUT2D eigenvalue weighted by Crippen LogP contribution is -2.67. The molecule has 0 bridgehead atoms. The van der Waals surface area contributed by atoms with Crippen LogP contribution in [-0.2, 0) is 22.3 Å². The summed E-state index contributed by atoms with van der Waals surface area (Å²) in [6, 6.07) is 14.9. The summed E-state index contributed by atoms with van der Waals surface area (Å²) >= 11 is 0. The van der Waals surface area contributed by atoms with E-state index in [0.717, 1.165) is 37.1 Å². The molecule has 0 radical (unpaired) electrons. The monoisotopic (exact) mass is 486 g/mol. The minimum Gasteiger partial charge on any atom is -0.465 e. The van der Waals surface area contributed by atoms with Crippen molar-refractivity contribution in [2.75, 3.05) is 25.1 Å². The number of halogens is 1. The van der Waals surface area contributed by atoms with Crippen LogP contribution in [0.1, 0.15) is 58.6 Å². The maximum atomic E-state index is 13.0. The van der Waals surface area contributed by atoms with Crippen LogP contribution in [0.15, 0.2) is 48.5 Å². The van der Waals surface area contributed by atoms with Crippen LogP contribution >= 0.6 is 0 Å². The van der Waals surface area contributed by atoms with Gasteiger partial charge in [-0.3, -0.25) is 4.90 Å². The number of aryl methyl sites for hydroxylation is 2. The first kappa shape index (κ1) is 27.0. The van der Waals surface area contributed by atoms with Crippen LogP contribution in [0.25, 0.3) is 0 Å². The molecule has 35 heavy (non-hydrogen) atoms. The summed E-state index contributed by atoms with van der Waals surface area (Å²) in [4.78, 5) is 13.8. The third kappa shape index (κ3) is 7.42. The predicted molar refractivity (Wildman–Crippen MR) is 136 cm³/mol. The van der Waals surface area contributed by atoms with Gasteiger partial charge in [0.05, 0.1) is 18.8 Å². The SMILES string of the molecule is CC1(C)OCC(CCc2ccc(CCCNc3ccc(F)cc3)cc2)(N(C(=O)O)C(C)(C)C)CO1. The highest BCUT2D eigenvalue weighted by molar-refractivity contribution is 5.67. The summed E-state index contributed by atoms with van der Waals surface area (Å²) in [6.45, 7) is 10.8. The van der Waals surface area contributed by atoms with Gasteiger partial charge in [-0.2, -0.15) is 0 Å². The Kier molecular flexibility index (Phi) is 8.44. The Morgan fingerprint density at radius 2 is 1.54 bits per heavy atom. The molecule has 0 atom stereocenters. The van der Waals surface area contributed by atoms with Crippen LogP contribution in [0, 0.1) is 5.82 Å². The van der Waals surface area contributed by atoms with Gasteiger partial charge in [0.15, 0.2) is 5.79 Å². The average Bonchev–Trinajstić information content (AvgIpc) is 2.78. The number of hydrogen-bond donors (Lipinski definition) is 2. The number of ether oxygens (including phenoxy) is 2. The van der Waals surface area contributed by atoms with Crippen LogP contribution in [0.3, 0.4) is 0 Å². The van der Waals surface area contributed by atoms with Crippen molar-refractivity contribution in [1.82, 2.24) is 4.90 Å². The van der Waals surface area contributed by atoms with Gasteiger partial charge in [0, 0.05) is 17.8 Å². The Labute approximate surface area is 208 Å². The largest absolute Gasteiger partial charge is 0.465 e. The fourth-order valence-electron chi connectivity index (χ4n) is 4.63. The third-order valence-corrected chi connectivity index (χ3v) is 6.43. The number of benzene rings is 2. The predicted octanol–water partition coefficient (Wildman–Crippen LogP) is 6.10. The van der Waals surface area contributed by atoms with Gasteiger partial charge in [0.2, 0.25) is 0 Å². The summed E-state index contributed by atoms with van der Waals surface area (Å²) in [5.74, 6) is -0.957. The first-order valence-corrected chi connectivity index (χ1v) is 12.3. The Balaban J connectivity index is 1.58. The maximum Gasteiger partial charge on any atom is 0.408 e. The molecule has 1 aliphatic rings. The Bertz CT molecular complexity index is 958. The second-order valence-corrected chi connectivity index (χ2v) is 10.8. The van der Waals surface area contributed by atoms with Crippen molar-refractivity contribution in [3.63, 3.8) is 0 Å². The second-order valence-electron chi connectivity index (χ2n) is 10.8. The van der Waals surface area contributed by atoms with E-state index in [1.807, 2.05) is 34.6 Å². The molecule has 192 valence electrons. The number of nitrogens with zero attached hydrogens (tertiary/aromatic N) is 1. The smallest absolute Gasteiger partial charge is 0.408 e. The molecule has 6 nitrogen and oxygen atoms in total. The van der Waals surface area contributed by atoms with E-state index in [1.165, 1.54) is 22.6 Å². The molecule has 1 saturated heterocycles. The molecular weight excluding hydrogens is 447 g/mol. The lowest BCUT2D eigenvalue weighted by Gasteiger charge is -2.53. The number of carboxylic acid groups (broad SMARTS) is 1. The highest BCUT2D eigenvalue weighted by atomic mass is 19.1. The first-order chi connectivity index (χ1) is 16.4. The topological polar surface area (TPSA) is 71.0 Å². The van der Waals surface area contributed by atoms with Gasteiger partial charge >= 0.3 is 6.09 Å². The molecule has 0 unspecified atom stereocenters. The quantitative estimate of drug-likeness (QED) is 0.419. The number of anilines is 1. The zero-order chi connectivity index (χ0) is 25.7. The summed E-state index contributed by atoms with van der Waals surface area (Å²) in [7, 11) is 0. The van der Waals surface area contributed by atoms with Crippen molar-refractivity contribution < 1.29 is 23.8 Å². The molecule has 1 fully saturated rings. The molecule has 1 aliphatic heterocycles. The second kappa shape index (κ2) is 11.0. The van der Waals surface area contributed by atoms with Crippen molar-refractivity contribution in [3.8, 4) is 0 Å². The molecule has 0 aromatic heterocycles. The van der Waals surface area contributed by atoms with Crippen molar-refractivity contribution in [3.05, 3.63) is 65.5 Å². The number of amides is 1. The van der Waals surface area contributed by atoms with Crippen LogP contribution in [-0.4, -0.2) is 52.7 Å². The van der Waals surface area contributed by atoms with Crippen molar-refractivity contribution >= 4 is 11.8 Å². The van der Waals surface area contributed by atoms with Crippen molar-refractivity contribution in [1.29, 1.82) is 0 Å². The Morgan fingerprint density at radius 3 is 2.06 bits per heavy atom. The van der Waals surface area contributed by atoms with Crippen LogP contribution in [0.4, 0.5) is 14.9 Å². The van der Waals surface area contributed by atoms with Crippen LogP contribution in [0.5, 0.6) is 0 Å². The van der Waals surface area contributed by atoms with Gasteiger partial charge in [0.1, 0.15) is 5.82 Å². The summed E-state index contributed by atoms with van der Waals surface area (Å²) < 4.78 is 24.9. The lowest BCUT2D eigenvalue weighted by molar-refractivity contribution is -0.289. The zero-order valence-corrected chi connectivity index (χ0v) is 21.6. The summed E-state index contributed by atoms with van der Waals surface area (Å²) in [5.41, 5.74) is 1.97. The lowest BCUT2D eigenvalue weighted by atomic mass is 9.86. The van der Waals surface area contributed by atoms with Crippen molar-refractivity contribution in [2.24, 2.45) is 0 Å². The number of nitrogens with one attached hydrogen (secondary N) is 1. The fraction of sp³-hybridized carbons (Fsp3) is 0.536. The first-order valence-electron chi connectivity index (χ1n) is 12.3. The molecule has 1 heterocycles. The fourth-order valence-corrected chi connectivity index (χ4v) is 4.63. The van der Waals surface area contributed by atoms with Gasteiger partial charge in [-0.1, -0.05) is 24.3 Å². The van der Waals surface area contributed by atoms with Gasteiger partial charge in [-0.25, -0.2) is 9.18 Å². The molecule has 3 rings (SSSR count). The number of hydrogen-bond acceptors (Lipinski definition) is 4. The van der Waals surface area contributed by atoms with Crippen LogP contribution in [0.2, 0.25) is 0 Å².